The first-order valence-electron chi connectivity index (χ1n) is 5.06. The molecule has 0 saturated heterocycles. The summed E-state index contributed by atoms with van der Waals surface area (Å²) in [5, 5.41) is 0. The third kappa shape index (κ3) is 2.82. The first kappa shape index (κ1) is 11.2. The van der Waals surface area contributed by atoms with Crippen LogP contribution in [0.4, 0.5) is 0 Å². The average molecular weight is 193 g/mol. The van der Waals surface area contributed by atoms with Gasteiger partial charge >= 0.3 is 0 Å². The van der Waals surface area contributed by atoms with Gasteiger partial charge in [-0.2, -0.15) is 0 Å². The van der Waals surface area contributed by atoms with Crippen molar-refractivity contribution in [3.8, 4) is 0 Å². The summed E-state index contributed by atoms with van der Waals surface area (Å²) >= 11 is 0. The molecule has 1 atom stereocenters. The second-order valence-electron chi connectivity index (χ2n) is 4.06. The van der Waals surface area contributed by atoms with E-state index in [1.807, 2.05) is 0 Å². The van der Waals surface area contributed by atoms with Crippen LogP contribution in [0.3, 0.4) is 0 Å². The Hall–Kier alpha value is -0.860. The minimum Gasteiger partial charge on any atom is -0.304 e. The van der Waals surface area contributed by atoms with Gasteiger partial charge in [0.25, 0.3) is 0 Å². The minimum absolute atomic E-state index is 0.360. The van der Waals surface area contributed by atoms with Crippen LogP contribution in [0.5, 0.6) is 0 Å². The summed E-state index contributed by atoms with van der Waals surface area (Å²) in [6, 6.07) is 8.60. The summed E-state index contributed by atoms with van der Waals surface area (Å²) in [4.78, 5) is 4.66. The molecule has 0 saturated carbocycles. The fraction of sp³-hybridized carbons (Fsp3) is 0.500. The number of nitrogens with two attached hydrogens (primary N) is 1. The molecule has 0 spiro atoms. The second kappa shape index (κ2) is 5.13. The van der Waals surface area contributed by atoms with Gasteiger partial charge in [-0.15, -0.1) is 0 Å². The molecule has 0 amide bonds. The van der Waals surface area contributed by atoms with Crippen molar-refractivity contribution in [2.45, 2.75) is 32.6 Å². The average Bonchev–Trinajstić information content (AvgIpc) is 2.18. The van der Waals surface area contributed by atoms with Crippen molar-refractivity contribution < 1.29 is 4.84 Å². The zero-order valence-electron chi connectivity index (χ0n) is 9.16. The van der Waals surface area contributed by atoms with Gasteiger partial charge in [-0.05, 0) is 17.0 Å². The molecule has 0 fully saturated rings. The van der Waals surface area contributed by atoms with E-state index in [1.165, 1.54) is 11.1 Å². The highest BCUT2D eigenvalue weighted by molar-refractivity contribution is 5.28. The molecule has 0 heterocycles. The maximum Gasteiger partial charge on any atom is 0.0745 e. The van der Waals surface area contributed by atoms with Crippen molar-refractivity contribution in [3.63, 3.8) is 0 Å². The first-order chi connectivity index (χ1) is 6.65. The van der Waals surface area contributed by atoms with E-state index in [0.29, 0.717) is 18.4 Å². The van der Waals surface area contributed by atoms with Crippen LogP contribution in [0.15, 0.2) is 24.3 Å². The van der Waals surface area contributed by atoms with Crippen molar-refractivity contribution in [3.05, 3.63) is 35.4 Å². The Balaban J connectivity index is 2.82. The summed E-state index contributed by atoms with van der Waals surface area (Å²) < 4.78 is 0. The van der Waals surface area contributed by atoms with Gasteiger partial charge in [0.05, 0.1) is 6.61 Å². The molecule has 0 aliphatic heterocycles. The van der Waals surface area contributed by atoms with E-state index in [-0.39, 0.29) is 0 Å². The Labute approximate surface area is 86.0 Å². The molecule has 0 radical (unpaired) electrons. The molecule has 0 aromatic heterocycles. The summed E-state index contributed by atoms with van der Waals surface area (Å²) in [7, 11) is 0. The van der Waals surface area contributed by atoms with Gasteiger partial charge in [0, 0.05) is 5.92 Å². The fourth-order valence-electron chi connectivity index (χ4n) is 1.47. The highest BCUT2D eigenvalue weighted by Crippen LogP contribution is 2.21. The minimum atomic E-state index is 0.360. The monoisotopic (exact) mass is 193 g/mol. The van der Waals surface area contributed by atoms with Crippen LogP contribution < -0.4 is 5.90 Å². The lowest BCUT2D eigenvalue weighted by Crippen LogP contribution is -2.08. The molecule has 0 aliphatic carbocycles. The Morgan fingerprint density at radius 1 is 1.21 bits per heavy atom. The maximum atomic E-state index is 5.06. The molecule has 2 N–H and O–H groups in total. The lowest BCUT2D eigenvalue weighted by Gasteiger charge is -2.13. The van der Waals surface area contributed by atoms with Crippen molar-refractivity contribution >= 4 is 0 Å². The fourth-order valence-corrected chi connectivity index (χ4v) is 1.47. The highest BCUT2D eigenvalue weighted by Gasteiger charge is 2.06. The van der Waals surface area contributed by atoms with E-state index in [1.54, 1.807) is 0 Å². The topological polar surface area (TPSA) is 35.2 Å². The number of rotatable bonds is 4. The number of hydrogen-bond donors (Lipinski definition) is 1. The maximum absolute atomic E-state index is 5.06. The van der Waals surface area contributed by atoms with Crippen LogP contribution in [-0.2, 0) is 4.84 Å². The normalized spacial score (nSPS) is 13.2. The molecule has 1 unspecified atom stereocenters. The lowest BCUT2D eigenvalue weighted by atomic mass is 9.95. The van der Waals surface area contributed by atoms with E-state index in [2.05, 4.69) is 49.9 Å². The quantitative estimate of drug-likeness (QED) is 0.746. The van der Waals surface area contributed by atoms with E-state index in [4.69, 9.17) is 5.90 Å². The van der Waals surface area contributed by atoms with Crippen molar-refractivity contribution in [2.75, 3.05) is 6.61 Å². The van der Waals surface area contributed by atoms with Crippen LogP contribution in [0.2, 0.25) is 0 Å². The van der Waals surface area contributed by atoms with Gasteiger partial charge in [-0.25, -0.2) is 5.90 Å². The molecule has 0 bridgehead atoms. The van der Waals surface area contributed by atoms with E-state index < -0.39 is 0 Å². The van der Waals surface area contributed by atoms with Gasteiger partial charge in [0.1, 0.15) is 0 Å². The van der Waals surface area contributed by atoms with Crippen molar-refractivity contribution in [1.29, 1.82) is 0 Å². The predicted octanol–water partition coefficient (Wildman–Crippen LogP) is 2.80. The van der Waals surface area contributed by atoms with E-state index in [0.717, 1.165) is 0 Å². The highest BCUT2D eigenvalue weighted by atomic mass is 16.6. The smallest absolute Gasteiger partial charge is 0.0745 e. The summed E-state index contributed by atoms with van der Waals surface area (Å²) in [6.07, 6.45) is 0. The Morgan fingerprint density at radius 3 is 2.43 bits per heavy atom. The molecule has 14 heavy (non-hydrogen) atoms. The lowest BCUT2D eigenvalue weighted by molar-refractivity contribution is 0.126. The van der Waals surface area contributed by atoms with Crippen LogP contribution in [-0.4, -0.2) is 6.61 Å². The van der Waals surface area contributed by atoms with Crippen LogP contribution >= 0.6 is 0 Å². The zero-order chi connectivity index (χ0) is 10.6. The van der Waals surface area contributed by atoms with Crippen molar-refractivity contribution in [2.24, 2.45) is 5.90 Å². The van der Waals surface area contributed by atoms with Crippen LogP contribution in [0.1, 0.15) is 43.7 Å². The molecule has 1 aromatic rings. The Bertz CT molecular complexity index is 283. The summed E-state index contributed by atoms with van der Waals surface area (Å²) in [5.41, 5.74) is 2.66. The second-order valence-corrected chi connectivity index (χ2v) is 4.06. The first-order valence-corrected chi connectivity index (χ1v) is 5.06. The molecule has 2 nitrogen and oxygen atoms in total. The zero-order valence-corrected chi connectivity index (χ0v) is 9.16. The van der Waals surface area contributed by atoms with E-state index >= 15 is 0 Å². The molecule has 0 aliphatic rings. The molecule has 78 valence electrons. The number of benzene rings is 1. The molecule has 2 heteroatoms. The third-order valence-corrected chi connectivity index (χ3v) is 2.49. The van der Waals surface area contributed by atoms with Crippen LogP contribution in [0.25, 0.3) is 0 Å². The summed E-state index contributed by atoms with van der Waals surface area (Å²) in [6.45, 7) is 7.08. The predicted molar refractivity (Wildman–Crippen MR) is 59.1 cm³/mol. The molecular weight excluding hydrogens is 174 g/mol. The van der Waals surface area contributed by atoms with Gasteiger partial charge in [0.2, 0.25) is 0 Å². The van der Waals surface area contributed by atoms with Crippen molar-refractivity contribution in [1.82, 2.24) is 0 Å². The third-order valence-electron chi connectivity index (χ3n) is 2.49. The van der Waals surface area contributed by atoms with Crippen LogP contribution in [0, 0.1) is 0 Å². The molecule has 1 rings (SSSR count). The van der Waals surface area contributed by atoms with Gasteiger partial charge in [-0.1, -0.05) is 45.0 Å². The Kier molecular flexibility index (Phi) is 4.11. The largest absolute Gasteiger partial charge is 0.304 e. The van der Waals surface area contributed by atoms with Gasteiger partial charge in [-0.3, -0.25) is 0 Å². The molecule has 1 aromatic carbocycles. The van der Waals surface area contributed by atoms with Gasteiger partial charge in [0.15, 0.2) is 0 Å². The number of hydrogen-bond acceptors (Lipinski definition) is 2. The SMILES string of the molecule is CC(C)c1cccc(C(C)CON)c1. The van der Waals surface area contributed by atoms with Gasteiger partial charge < -0.3 is 4.84 Å². The van der Waals surface area contributed by atoms with E-state index in [9.17, 15) is 0 Å². The summed E-state index contributed by atoms with van der Waals surface area (Å²) in [5.74, 6) is 5.99. The standard InChI is InChI=1S/C12H19NO/c1-9(2)11-5-4-6-12(7-11)10(3)8-14-13/h4-7,9-10H,8,13H2,1-3H3. The Morgan fingerprint density at radius 2 is 1.86 bits per heavy atom. The molecular formula is C12H19NO.